The number of esters is 2. The molecule has 4 aliphatic carbocycles. The van der Waals surface area contributed by atoms with Crippen molar-refractivity contribution in [2.75, 3.05) is 34.8 Å². The number of nitrogens with zero attached hydrogens (tertiary/aromatic N) is 2. The van der Waals surface area contributed by atoms with Gasteiger partial charge in [-0.25, -0.2) is 0 Å². The summed E-state index contributed by atoms with van der Waals surface area (Å²) in [6, 6.07) is -0.906. The van der Waals surface area contributed by atoms with E-state index in [0.29, 0.717) is 43.1 Å². The average Bonchev–Trinajstić information content (AvgIpc) is 3.46. The van der Waals surface area contributed by atoms with E-state index in [1.54, 1.807) is 34.6 Å². The standard InChI is InChI=1S/C62H110N2O15/c1-18-47-62(13,72)53(68)38(7)64(16)32-33(2)30-60(11,71)55(36(5)51(37(6)56(70)76-47)78-49-31-61(12,73-17)54(69)39(8)75-49)79-57-52(45(63(14)15)27-35(4)74-57)77-48(67)22-19-34(3)42-20-21-43-50-44(24-26-59(42,43)10)58(9)25-23-41(65)28-40(58)29-46(50)66/h33-47,49-55,57,65-66,68-69,71-72H,18-32H2,1-17H3/t33-,34+,35-,36+,37-,38-,39+,40-,41+,42+,43-,44-,45?,46+,47-,49+,50-,51+,52-,53-,54+,55-,57+,58-,59+,60-,61-,62-/m1/s1. The Morgan fingerprint density at radius 2 is 1.49 bits per heavy atom. The minimum absolute atomic E-state index is 0.0510. The van der Waals surface area contributed by atoms with Gasteiger partial charge in [-0.3, -0.25) is 9.59 Å². The first-order valence-corrected chi connectivity index (χ1v) is 30.8. The largest absolute Gasteiger partial charge is 0.459 e. The molecule has 3 heterocycles. The summed E-state index contributed by atoms with van der Waals surface area (Å²) in [5.74, 6) is -1.05. The van der Waals surface area contributed by atoms with Gasteiger partial charge in [-0.2, -0.15) is 0 Å². The normalized spacial score (nSPS) is 51.0. The van der Waals surface area contributed by atoms with Crippen molar-refractivity contribution in [1.29, 1.82) is 0 Å². The summed E-state index contributed by atoms with van der Waals surface area (Å²) < 4.78 is 45.8. The van der Waals surface area contributed by atoms with Gasteiger partial charge in [0.25, 0.3) is 0 Å². The van der Waals surface area contributed by atoms with Crippen molar-refractivity contribution in [2.24, 2.45) is 64.1 Å². The maximum Gasteiger partial charge on any atom is 0.311 e. The molecule has 0 radical (unpaired) electrons. The molecular weight excluding hydrogens is 1010 g/mol. The van der Waals surface area contributed by atoms with Crippen LogP contribution in [0.1, 0.15) is 180 Å². The van der Waals surface area contributed by atoms with Gasteiger partial charge >= 0.3 is 11.9 Å². The fourth-order valence-corrected chi connectivity index (χ4v) is 17.8. The van der Waals surface area contributed by atoms with Crippen LogP contribution < -0.4 is 0 Å². The Balaban J connectivity index is 1.16. The molecule has 17 nitrogen and oxygen atoms in total. The van der Waals surface area contributed by atoms with Crippen molar-refractivity contribution in [3.8, 4) is 0 Å². The van der Waals surface area contributed by atoms with Gasteiger partial charge in [-0.15, -0.1) is 0 Å². The molecule has 0 amide bonds. The highest BCUT2D eigenvalue weighted by molar-refractivity contribution is 5.73. The molecule has 4 saturated carbocycles. The summed E-state index contributed by atoms with van der Waals surface area (Å²) in [5.41, 5.74) is -4.37. The summed E-state index contributed by atoms with van der Waals surface area (Å²) in [6.07, 6.45) is -0.727. The predicted octanol–water partition coefficient (Wildman–Crippen LogP) is 6.86. The van der Waals surface area contributed by atoms with Crippen LogP contribution in [0.4, 0.5) is 0 Å². The molecule has 79 heavy (non-hydrogen) atoms. The SMILES string of the molecule is CC[C@H]1OC(=O)[C@H](C)[C@@H](O[C@H]2C[C@@](C)(OC)[C@@H](O)[C@H](C)O2)[C@H](C)[C@@H](O[C@@H]2O[C@H](C)CC(N(C)C)[C@H]2OC(=O)CC[C@H](C)[C@@H]2CC[C@@H]3[C@@H]4[C@@H](CC[C@]32C)[C@]2(C)CC[C@H](O)C[C@@H]2C[C@@H]4O)[C@](C)(O)C[C@@H](C)CN(C)[C@H](C)[C@@H](O)[C@]1(C)O. The van der Waals surface area contributed by atoms with E-state index in [4.69, 9.17) is 33.2 Å². The number of hydrogen-bond acceptors (Lipinski definition) is 17. The third-order valence-corrected chi connectivity index (χ3v) is 22.7. The van der Waals surface area contributed by atoms with Crippen molar-refractivity contribution in [3.05, 3.63) is 0 Å². The molecule has 3 saturated heterocycles. The number of carbonyl (C=O) groups is 2. The zero-order valence-corrected chi connectivity index (χ0v) is 51.6. The van der Waals surface area contributed by atoms with Gasteiger partial charge in [-0.05, 0) is 199 Å². The predicted molar refractivity (Wildman–Crippen MR) is 299 cm³/mol. The van der Waals surface area contributed by atoms with E-state index in [-0.39, 0.29) is 84.6 Å². The topological polar surface area (TPSA) is 227 Å². The number of rotatable bonds is 12. The third-order valence-electron chi connectivity index (χ3n) is 22.7. The highest BCUT2D eigenvalue weighted by Gasteiger charge is 2.63. The Morgan fingerprint density at radius 1 is 0.835 bits per heavy atom. The molecule has 17 heteroatoms. The van der Waals surface area contributed by atoms with Crippen molar-refractivity contribution >= 4 is 11.9 Å². The highest BCUT2D eigenvalue weighted by atomic mass is 16.7. The van der Waals surface area contributed by atoms with Crippen LogP contribution in [0.3, 0.4) is 0 Å². The third kappa shape index (κ3) is 13.1. The van der Waals surface area contributed by atoms with E-state index in [9.17, 15) is 40.2 Å². The van der Waals surface area contributed by atoms with Crippen LogP contribution in [-0.4, -0.2) is 190 Å². The Labute approximate surface area is 474 Å². The second kappa shape index (κ2) is 25.2. The maximum absolute atomic E-state index is 14.7. The van der Waals surface area contributed by atoms with Crippen LogP contribution in [0.5, 0.6) is 0 Å². The number of hydrogen-bond donors (Lipinski definition) is 6. The van der Waals surface area contributed by atoms with Gasteiger partial charge in [0.1, 0.15) is 23.9 Å². The van der Waals surface area contributed by atoms with Gasteiger partial charge in [0.05, 0.1) is 59.8 Å². The highest BCUT2D eigenvalue weighted by Crippen LogP contribution is 2.68. The van der Waals surface area contributed by atoms with Crippen LogP contribution in [0.25, 0.3) is 0 Å². The van der Waals surface area contributed by atoms with Crippen LogP contribution in [0.15, 0.2) is 0 Å². The molecule has 0 aromatic heterocycles. The van der Waals surface area contributed by atoms with Gasteiger partial charge < -0.3 is 73.6 Å². The Bertz CT molecular complexity index is 2030. The molecule has 6 N–H and O–H groups in total. The number of fused-ring (bicyclic) bond motifs is 5. The number of carbonyl (C=O) groups excluding carboxylic acids is 2. The van der Waals surface area contributed by atoms with E-state index < -0.39 is 96.0 Å². The van der Waals surface area contributed by atoms with E-state index in [2.05, 4.69) is 20.8 Å². The first-order chi connectivity index (χ1) is 36.7. The molecule has 7 rings (SSSR count). The fourth-order valence-electron chi connectivity index (χ4n) is 17.8. The van der Waals surface area contributed by atoms with Gasteiger partial charge in [0.2, 0.25) is 0 Å². The molecule has 0 bridgehead atoms. The summed E-state index contributed by atoms with van der Waals surface area (Å²) in [5, 5.41) is 70.6. The molecule has 0 aromatic carbocycles. The van der Waals surface area contributed by atoms with Crippen molar-refractivity contribution in [2.45, 2.75) is 282 Å². The van der Waals surface area contributed by atoms with E-state index in [0.717, 1.165) is 51.4 Å². The smallest absolute Gasteiger partial charge is 0.311 e. The number of aliphatic hydroxyl groups is 6. The van der Waals surface area contributed by atoms with Crippen LogP contribution >= 0.6 is 0 Å². The van der Waals surface area contributed by atoms with Crippen LogP contribution in [0.2, 0.25) is 0 Å². The zero-order chi connectivity index (χ0) is 58.6. The zero-order valence-electron chi connectivity index (χ0n) is 51.6. The molecule has 0 spiro atoms. The molecule has 7 fully saturated rings. The Kier molecular flexibility index (Phi) is 20.7. The lowest BCUT2D eigenvalue weighted by Crippen LogP contribution is -2.61. The van der Waals surface area contributed by atoms with E-state index in [1.807, 2.05) is 58.6 Å². The van der Waals surface area contributed by atoms with Gasteiger partial charge in [0.15, 0.2) is 18.7 Å². The van der Waals surface area contributed by atoms with Gasteiger partial charge in [-0.1, -0.05) is 41.5 Å². The van der Waals surface area contributed by atoms with Crippen LogP contribution in [0, 0.1) is 64.1 Å². The minimum Gasteiger partial charge on any atom is -0.459 e. The van der Waals surface area contributed by atoms with Crippen LogP contribution in [-0.2, 0) is 42.7 Å². The average molecular weight is 1120 g/mol. The maximum atomic E-state index is 14.7. The summed E-state index contributed by atoms with van der Waals surface area (Å²) in [6.45, 7) is 25.4. The Hall–Kier alpha value is -1.58. The molecule has 3 aliphatic heterocycles. The number of methoxy groups -OCH3 is 1. The van der Waals surface area contributed by atoms with Crippen molar-refractivity contribution in [3.63, 3.8) is 0 Å². The van der Waals surface area contributed by atoms with Gasteiger partial charge in [0, 0.05) is 38.5 Å². The second-order valence-corrected chi connectivity index (χ2v) is 28.6. The van der Waals surface area contributed by atoms with E-state index >= 15 is 0 Å². The van der Waals surface area contributed by atoms with Crippen molar-refractivity contribution < 1.29 is 73.4 Å². The lowest BCUT2D eigenvalue weighted by Gasteiger charge is -2.62. The first kappa shape index (κ1) is 65.0. The molecule has 458 valence electrons. The molecule has 0 aromatic rings. The molecular formula is C62H110N2O15. The lowest BCUT2D eigenvalue weighted by molar-refractivity contribution is -0.319. The Morgan fingerprint density at radius 3 is 2.14 bits per heavy atom. The summed E-state index contributed by atoms with van der Waals surface area (Å²) >= 11 is 0. The minimum atomic E-state index is -1.84. The molecule has 7 aliphatic rings. The number of aliphatic hydroxyl groups excluding tert-OH is 4. The summed E-state index contributed by atoms with van der Waals surface area (Å²) in [7, 11) is 7.27. The number of ether oxygens (including phenoxy) is 7. The lowest BCUT2D eigenvalue weighted by atomic mass is 9.43. The second-order valence-electron chi connectivity index (χ2n) is 28.6. The van der Waals surface area contributed by atoms with E-state index in [1.165, 1.54) is 14.0 Å². The monoisotopic (exact) mass is 1120 g/mol. The fraction of sp³-hybridized carbons (Fsp3) is 0.968. The first-order valence-electron chi connectivity index (χ1n) is 30.8. The quantitative estimate of drug-likeness (QED) is 0.110. The number of likely N-dealkylation sites (N-methyl/N-ethyl adjacent to an activating group) is 2. The molecule has 28 atom stereocenters. The number of cyclic esters (lactones) is 1. The summed E-state index contributed by atoms with van der Waals surface area (Å²) in [4.78, 5) is 33.2. The van der Waals surface area contributed by atoms with Crippen molar-refractivity contribution in [1.82, 2.24) is 9.80 Å². The molecule has 1 unspecified atom stereocenters.